The van der Waals surface area contributed by atoms with Crippen molar-refractivity contribution in [3.05, 3.63) is 27.5 Å². The topological polar surface area (TPSA) is 81.7 Å². The van der Waals surface area contributed by atoms with Crippen molar-refractivity contribution >= 4 is 23.1 Å². The number of hydrogen-bond donors (Lipinski definition) is 2. The number of nitrogens with one attached hydrogen (secondary N) is 1. The zero-order valence-electron chi connectivity index (χ0n) is 10.9. The second kappa shape index (κ2) is 6.42. The van der Waals surface area contributed by atoms with Crippen LogP contribution in [-0.2, 0) is 19.4 Å². The molecule has 3 N–H and O–H groups in total. The Balaban J connectivity index is 2.29. The number of rotatable bonds is 6. The van der Waals surface area contributed by atoms with E-state index < -0.39 is 0 Å². The van der Waals surface area contributed by atoms with Crippen LogP contribution in [0.2, 0.25) is 5.02 Å². The lowest BCUT2D eigenvalue weighted by Crippen LogP contribution is -2.30. The fourth-order valence-corrected chi connectivity index (χ4v) is 2.83. The third kappa shape index (κ3) is 2.94. The molecule has 0 radical (unpaired) electrons. The molecule has 0 saturated carbocycles. The van der Waals surface area contributed by atoms with Gasteiger partial charge in [-0.05, 0) is 24.9 Å². The molecule has 19 heavy (non-hydrogen) atoms. The summed E-state index contributed by atoms with van der Waals surface area (Å²) in [6, 6.07) is -0.108. The van der Waals surface area contributed by atoms with E-state index in [1.807, 2.05) is 23.9 Å². The fraction of sp³-hybridized carbons (Fsp3) is 0.545. The van der Waals surface area contributed by atoms with E-state index in [4.69, 9.17) is 17.4 Å². The predicted octanol–water partition coefficient (Wildman–Crippen LogP) is 1.72. The Labute approximate surface area is 121 Å². The molecule has 2 rings (SSSR count). The Hall–Kier alpha value is -1.02. The summed E-state index contributed by atoms with van der Waals surface area (Å²) < 4.78 is 5.78. The van der Waals surface area contributed by atoms with Crippen molar-refractivity contribution in [3.63, 3.8) is 0 Å². The molecule has 0 aliphatic carbocycles. The first-order chi connectivity index (χ1) is 9.21. The second-order valence-corrected chi connectivity index (χ2v) is 5.12. The standard InChI is InChI=1S/C11H17ClN6S/c1-3-7-11(12)10(18(4-2)16-7)5-8(14-13)9-6-19-17-15-9/h6,8,14H,3-5,13H2,1-2H3. The molecule has 0 aliphatic rings. The first-order valence-corrected chi connectivity index (χ1v) is 7.39. The van der Waals surface area contributed by atoms with Gasteiger partial charge in [0.2, 0.25) is 0 Å². The molecule has 6 nitrogen and oxygen atoms in total. The van der Waals surface area contributed by atoms with Gasteiger partial charge in [0.25, 0.3) is 0 Å². The van der Waals surface area contributed by atoms with Crippen molar-refractivity contribution < 1.29 is 0 Å². The van der Waals surface area contributed by atoms with Crippen LogP contribution >= 0.6 is 23.1 Å². The van der Waals surface area contributed by atoms with Crippen LogP contribution in [0.4, 0.5) is 0 Å². The van der Waals surface area contributed by atoms with Crippen LogP contribution in [0.5, 0.6) is 0 Å². The van der Waals surface area contributed by atoms with Crippen LogP contribution in [0.1, 0.15) is 37.0 Å². The van der Waals surface area contributed by atoms with Gasteiger partial charge in [0, 0.05) is 18.3 Å². The maximum atomic E-state index is 6.39. The summed E-state index contributed by atoms with van der Waals surface area (Å²) >= 11 is 7.69. The first-order valence-electron chi connectivity index (χ1n) is 6.18. The zero-order chi connectivity index (χ0) is 13.8. The van der Waals surface area contributed by atoms with Gasteiger partial charge < -0.3 is 0 Å². The van der Waals surface area contributed by atoms with Crippen molar-refractivity contribution in [1.82, 2.24) is 24.8 Å². The van der Waals surface area contributed by atoms with Crippen LogP contribution in [0.3, 0.4) is 0 Å². The zero-order valence-corrected chi connectivity index (χ0v) is 12.5. The lowest BCUT2D eigenvalue weighted by molar-refractivity contribution is 0.506. The minimum absolute atomic E-state index is 0.108. The molecule has 2 aromatic rings. The Bertz CT molecular complexity index is 524. The van der Waals surface area contributed by atoms with Crippen LogP contribution in [0, 0.1) is 0 Å². The molecule has 0 aliphatic heterocycles. The molecule has 0 fully saturated rings. The first kappa shape index (κ1) is 14.4. The molecule has 2 aromatic heterocycles. The maximum Gasteiger partial charge on any atom is 0.0942 e. The third-order valence-electron chi connectivity index (χ3n) is 3.03. The summed E-state index contributed by atoms with van der Waals surface area (Å²) in [6.45, 7) is 4.87. The van der Waals surface area contributed by atoms with E-state index in [9.17, 15) is 0 Å². The fourth-order valence-electron chi connectivity index (χ4n) is 1.98. The monoisotopic (exact) mass is 300 g/mol. The number of hydrazine groups is 1. The lowest BCUT2D eigenvalue weighted by Gasteiger charge is -2.14. The molecule has 0 spiro atoms. The highest BCUT2D eigenvalue weighted by atomic mass is 35.5. The lowest BCUT2D eigenvalue weighted by atomic mass is 10.1. The number of nitrogens with zero attached hydrogens (tertiary/aromatic N) is 4. The Morgan fingerprint density at radius 3 is 2.84 bits per heavy atom. The van der Waals surface area contributed by atoms with Gasteiger partial charge in [0.15, 0.2) is 0 Å². The molecular weight excluding hydrogens is 284 g/mol. The molecule has 2 heterocycles. The van der Waals surface area contributed by atoms with Gasteiger partial charge in [0.1, 0.15) is 0 Å². The van der Waals surface area contributed by atoms with E-state index >= 15 is 0 Å². The number of halogens is 1. The smallest absolute Gasteiger partial charge is 0.0942 e. The van der Waals surface area contributed by atoms with Crippen molar-refractivity contribution in [1.29, 1.82) is 0 Å². The molecule has 0 saturated heterocycles. The minimum atomic E-state index is -0.108. The third-order valence-corrected chi connectivity index (χ3v) is 3.99. The van der Waals surface area contributed by atoms with E-state index in [0.29, 0.717) is 6.42 Å². The number of aromatic nitrogens is 4. The molecule has 0 amide bonds. The van der Waals surface area contributed by atoms with Crippen molar-refractivity contribution in [3.8, 4) is 0 Å². The van der Waals surface area contributed by atoms with Crippen LogP contribution in [0.25, 0.3) is 0 Å². The van der Waals surface area contributed by atoms with Gasteiger partial charge in [-0.2, -0.15) is 5.10 Å². The molecule has 104 valence electrons. The van der Waals surface area contributed by atoms with Crippen molar-refractivity contribution in [2.75, 3.05) is 0 Å². The Morgan fingerprint density at radius 2 is 2.32 bits per heavy atom. The molecular formula is C11H17ClN6S. The second-order valence-electron chi connectivity index (χ2n) is 4.13. The largest absolute Gasteiger partial charge is 0.271 e. The van der Waals surface area contributed by atoms with Gasteiger partial charge in [0.05, 0.1) is 28.1 Å². The summed E-state index contributed by atoms with van der Waals surface area (Å²) in [5.74, 6) is 5.61. The Morgan fingerprint density at radius 1 is 1.53 bits per heavy atom. The summed E-state index contributed by atoms with van der Waals surface area (Å²) in [5, 5.41) is 11.2. The van der Waals surface area contributed by atoms with Crippen LogP contribution in [-0.4, -0.2) is 19.4 Å². The average molecular weight is 301 g/mol. The van der Waals surface area contributed by atoms with Crippen LogP contribution < -0.4 is 11.3 Å². The SMILES string of the molecule is CCc1nn(CC)c(CC(NN)c2csnn2)c1Cl. The summed E-state index contributed by atoms with van der Waals surface area (Å²) in [4.78, 5) is 0. The van der Waals surface area contributed by atoms with Crippen molar-refractivity contribution in [2.45, 2.75) is 39.3 Å². The molecule has 0 aromatic carbocycles. The van der Waals surface area contributed by atoms with Gasteiger partial charge in [-0.15, -0.1) is 5.10 Å². The highest BCUT2D eigenvalue weighted by Crippen LogP contribution is 2.26. The summed E-state index contributed by atoms with van der Waals surface area (Å²) in [5.41, 5.74) is 5.49. The average Bonchev–Trinajstić information content (AvgIpc) is 3.04. The predicted molar refractivity (Wildman–Crippen MR) is 76.0 cm³/mol. The highest BCUT2D eigenvalue weighted by molar-refractivity contribution is 7.03. The summed E-state index contributed by atoms with van der Waals surface area (Å²) in [7, 11) is 0. The number of hydrogen-bond acceptors (Lipinski definition) is 6. The minimum Gasteiger partial charge on any atom is -0.271 e. The van der Waals surface area contributed by atoms with E-state index in [1.165, 1.54) is 11.5 Å². The van der Waals surface area contributed by atoms with Gasteiger partial charge in [-0.25, -0.2) is 0 Å². The normalized spacial score (nSPS) is 12.8. The quantitative estimate of drug-likeness (QED) is 0.627. The van der Waals surface area contributed by atoms with E-state index in [1.54, 1.807) is 0 Å². The van der Waals surface area contributed by atoms with Crippen molar-refractivity contribution in [2.24, 2.45) is 5.84 Å². The van der Waals surface area contributed by atoms with Gasteiger partial charge in [-0.3, -0.25) is 16.0 Å². The molecule has 8 heteroatoms. The van der Waals surface area contributed by atoms with E-state index in [2.05, 4.69) is 20.1 Å². The highest BCUT2D eigenvalue weighted by Gasteiger charge is 2.20. The Kier molecular flexibility index (Phi) is 4.87. The summed E-state index contributed by atoms with van der Waals surface area (Å²) in [6.07, 6.45) is 1.46. The molecule has 0 bridgehead atoms. The number of nitrogens with two attached hydrogens (primary N) is 1. The number of aryl methyl sites for hydroxylation is 2. The van der Waals surface area contributed by atoms with Crippen LogP contribution in [0.15, 0.2) is 5.38 Å². The molecule has 1 unspecified atom stereocenters. The van der Waals surface area contributed by atoms with Gasteiger partial charge >= 0.3 is 0 Å². The maximum absolute atomic E-state index is 6.39. The molecule has 1 atom stereocenters. The van der Waals surface area contributed by atoms with E-state index in [-0.39, 0.29) is 6.04 Å². The van der Waals surface area contributed by atoms with E-state index in [0.717, 1.165) is 35.1 Å². The van der Waals surface area contributed by atoms with Gasteiger partial charge in [-0.1, -0.05) is 23.0 Å².